The molecule has 0 aliphatic carbocycles. The minimum Gasteiger partial charge on any atom is -0.496 e. The van der Waals surface area contributed by atoms with Crippen LogP contribution in [0.2, 0.25) is 0 Å². The summed E-state index contributed by atoms with van der Waals surface area (Å²) >= 11 is 0. The lowest BCUT2D eigenvalue weighted by atomic mass is 9.84. The fourth-order valence-corrected chi connectivity index (χ4v) is 3.36. The maximum Gasteiger partial charge on any atom is 0.174 e. The van der Waals surface area contributed by atoms with E-state index in [2.05, 4.69) is 6.07 Å². The van der Waals surface area contributed by atoms with E-state index in [-0.39, 0.29) is 18.0 Å². The van der Waals surface area contributed by atoms with Crippen LogP contribution in [-0.2, 0) is 0 Å². The Bertz CT molecular complexity index is 1100. The molecule has 30 heavy (non-hydrogen) atoms. The van der Waals surface area contributed by atoms with Crippen LogP contribution >= 0.6 is 0 Å². The lowest BCUT2D eigenvalue weighted by Crippen LogP contribution is -2.18. The van der Waals surface area contributed by atoms with Crippen molar-refractivity contribution >= 4 is 11.6 Å². The predicted molar refractivity (Wildman–Crippen MR) is 113 cm³/mol. The molecular formula is C25H21NO4. The van der Waals surface area contributed by atoms with Crippen LogP contribution in [0, 0.1) is 11.3 Å². The van der Waals surface area contributed by atoms with Crippen LogP contribution in [0.3, 0.4) is 0 Å². The molecule has 3 aromatic rings. The number of rotatable bonds is 8. The van der Waals surface area contributed by atoms with Gasteiger partial charge in [0, 0.05) is 6.42 Å². The van der Waals surface area contributed by atoms with Gasteiger partial charge < -0.3 is 9.47 Å². The highest BCUT2D eigenvalue weighted by Crippen LogP contribution is 2.31. The highest BCUT2D eigenvalue weighted by molar-refractivity contribution is 6.08. The zero-order chi connectivity index (χ0) is 21.5. The van der Waals surface area contributed by atoms with E-state index in [0.717, 1.165) is 0 Å². The summed E-state index contributed by atoms with van der Waals surface area (Å²) < 4.78 is 10.7. The van der Waals surface area contributed by atoms with Gasteiger partial charge in [0.25, 0.3) is 0 Å². The Morgan fingerprint density at radius 1 is 0.833 bits per heavy atom. The molecule has 0 N–H and O–H groups in total. The third-order valence-electron chi connectivity index (χ3n) is 4.93. The molecule has 0 fully saturated rings. The Morgan fingerprint density at radius 2 is 1.37 bits per heavy atom. The van der Waals surface area contributed by atoms with E-state index in [1.807, 2.05) is 0 Å². The van der Waals surface area contributed by atoms with Crippen molar-refractivity contribution in [2.75, 3.05) is 14.2 Å². The molecule has 5 nitrogen and oxygen atoms in total. The molecule has 0 saturated heterocycles. The molecule has 0 heterocycles. The summed E-state index contributed by atoms with van der Waals surface area (Å²) in [4.78, 5) is 26.6. The zero-order valence-corrected chi connectivity index (χ0v) is 16.8. The van der Waals surface area contributed by atoms with Crippen molar-refractivity contribution in [3.05, 3.63) is 95.1 Å². The van der Waals surface area contributed by atoms with Crippen LogP contribution < -0.4 is 9.47 Å². The quantitative estimate of drug-likeness (QED) is 0.508. The number of carbonyl (C=O) groups excluding carboxylic acids is 2. The van der Waals surface area contributed by atoms with Crippen LogP contribution in [-0.4, -0.2) is 25.8 Å². The van der Waals surface area contributed by atoms with Gasteiger partial charge in [0.15, 0.2) is 11.6 Å². The summed E-state index contributed by atoms with van der Waals surface area (Å²) in [5.74, 6) is -0.242. The normalized spacial score (nSPS) is 11.2. The molecule has 5 heteroatoms. The molecule has 3 aromatic carbocycles. The second-order valence-electron chi connectivity index (χ2n) is 6.68. The predicted octanol–water partition coefficient (Wildman–Crippen LogP) is 4.81. The monoisotopic (exact) mass is 399 g/mol. The number of nitrogens with zero attached hydrogens (tertiary/aromatic N) is 1. The van der Waals surface area contributed by atoms with E-state index < -0.39 is 5.92 Å². The molecule has 0 aliphatic rings. The van der Waals surface area contributed by atoms with Gasteiger partial charge in [-0.05, 0) is 42.0 Å². The first kappa shape index (κ1) is 20.8. The molecule has 0 bridgehead atoms. The summed E-state index contributed by atoms with van der Waals surface area (Å²) in [5.41, 5.74) is 1.97. The molecule has 3 rings (SSSR count). The Labute approximate surface area is 175 Å². The number of benzene rings is 3. The number of ether oxygens (including phenoxy) is 2. The summed E-state index contributed by atoms with van der Waals surface area (Å²) in [7, 11) is 3.01. The first-order valence-electron chi connectivity index (χ1n) is 9.42. The van der Waals surface area contributed by atoms with Gasteiger partial charge in [-0.25, -0.2) is 0 Å². The first-order valence-corrected chi connectivity index (χ1v) is 9.42. The largest absolute Gasteiger partial charge is 0.496 e. The zero-order valence-electron chi connectivity index (χ0n) is 16.8. The highest BCUT2D eigenvalue weighted by atomic mass is 16.5. The minimum absolute atomic E-state index is 0.0385. The minimum atomic E-state index is -0.730. The van der Waals surface area contributed by atoms with E-state index in [0.29, 0.717) is 33.8 Å². The van der Waals surface area contributed by atoms with E-state index in [1.54, 1.807) is 72.8 Å². The second kappa shape index (κ2) is 9.53. The van der Waals surface area contributed by atoms with E-state index in [4.69, 9.17) is 14.7 Å². The van der Waals surface area contributed by atoms with Gasteiger partial charge in [-0.3, -0.25) is 9.59 Å². The van der Waals surface area contributed by atoms with Crippen LogP contribution in [0.25, 0.3) is 0 Å². The van der Waals surface area contributed by atoms with E-state index in [9.17, 15) is 9.59 Å². The molecule has 150 valence electrons. The van der Waals surface area contributed by atoms with Gasteiger partial charge in [0.1, 0.15) is 11.5 Å². The third-order valence-corrected chi connectivity index (χ3v) is 4.93. The lowest BCUT2D eigenvalue weighted by Gasteiger charge is -2.18. The highest BCUT2D eigenvalue weighted by Gasteiger charge is 2.28. The molecular weight excluding hydrogens is 378 g/mol. The number of para-hydroxylation sites is 2. The van der Waals surface area contributed by atoms with E-state index >= 15 is 0 Å². The van der Waals surface area contributed by atoms with Gasteiger partial charge in [-0.15, -0.1) is 0 Å². The number of hydrogen-bond acceptors (Lipinski definition) is 5. The average molecular weight is 399 g/mol. The van der Waals surface area contributed by atoms with Crippen molar-refractivity contribution in [3.8, 4) is 17.6 Å². The van der Waals surface area contributed by atoms with Crippen molar-refractivity contribution < 1.29 is 19.1 Å². The Balaban J connectivity index is 2.02. The Morgan fingerprint density at radius 3 is 1.93 bits per heavy atom. The maximum absolute atomic E-state index is 13.5. The third kappa shape index (κ3) is 4.39. The number of ketones is 2. The average Bonchev–Trinajstić information content (AvgIpc) is 2.82. The van der Waals surface area contributed by atoms with Crippen molar-refractivity contribution in [1.82, 2.24) is 0 Å². The summed E-state index contributed by atoms with van der Waals surface area (Å²) in [5, 5.41) is 9.07. The van der Waals surface area contributed by atoms with Crippen LogP contribution in [0.5, 0.6) is 11.5 Å². The van der Waals surface area contributed by atoms with Crippen molar-refractivity contribution in [1.29, 1.82) is 5.26 Å². The fraction of sp³-hybridized carbons (Fsp3) is 0.160. The molecule has 1 unspecified atom stereocenters. The SMILES string of the molecule is COc1ccccc1C(=O)CC(C(=O)c1ccccc1OC)c1ccc(C#N)cc1. The van der Waals surface area contributed by atoms with Gasteiger partial charge in [0.2, 0.25) is 0 Å². The number of methoxy groups -OCH3 is 2. The van der Waals surface area contributed by atoms with Crippen molar-refractivity contribution in [3.63, 3.8) is 0 Å². The van der Waals surface area contributed by atoms with Gasteiger partial charge in [0.05, 0.1) is 42.9 Å². The molecule has 0 radical (unpaired) electrons. The van der Waals surface area contributed by atoms with Gasteiger partial charge in [-0.2, -0.15) is 5.26 Å². The number of hydrogen-bond donors (Lipinski definition) is 0. The Hall–Kier alpha value is -3.91. The van der Waals surface area contributed by atoms with Crippen molar-refractivity contribution in [2.45, 2.75) is 12.3 Å². The van der Waals surface area contributed by atoms with Crippen LogP contribution in [0.4, 0.5) is 0 Å². The first-order chi connectivity index (χ1) is 14.6. The van der Waals surface area contributed by atoms with E-state index in [1.165, 1.54) is 14.2 Å². The van der Waals surface area contributed by atoms with Gasteiger partial charge in [-0.1, -0.05) is 36.4 Å². The molecule has 0 amide bonds. The summed E-state index contributed by atoms with van der Waals surface area (Å²) in [6, 6.07) is 22.7. The van der Waals surface area contributed by atoms with Crippen LogP contribution in [0.1, 0.15) is 44.2 Å². The summed E-state index contributed by atoms with van der Waals surface area (Å²) in [6.45, 7) is 0. The van der Waals surface area contributed by atoms with Gasteiger partial charge >= 0.3 is 0 Å². The number of nitriles is 1. The fourth-order valence-electron chi connectivity index (χ4n) is 3.36. The molecule has 1 atom stereocenters. The number of carbonyl (C=O) groups is 2. The standard InChI is InChI=1S/C25H21NO4/c1-29-23-9-5-3-7-19(23)22(27)15-21(18-13-11-17(16-26)12-14-18)25(28)20-8-4-6-10-24(20)30-2/h3-14,21H,15H2,1-2H3. The maximum atomic E-state index is 13.5. The molecule has 0 spiro atoms. The topological polar surface area (TPSA) is 76.4 Å². The molecule has 0 aromatic heterocycles. The molecule has 0 saturated carbocycles. The molecule has 0 aliphatic heterocycles. The Kier molecular flexibility index (Phi) is 6.61. The van der Waals surface area contributed by atoms with Crippen LogP contribution in [0.15, 0.2) is 72.8 Å². The second-order valence-corrected chi connectivity index (χ2v) is 6.68. The lowest BCUT2D eigenvalue weighted by molar-refractivity contribution is 0.0890. The smallest absolute Gasteiger partial charge is 0.174 e. The number of Topliss-reactive ketones (excluding diaryl/α,β-unsaturated/α-hetero) is 2. The van der Waals surface area contributed by atoms with Crippen molar-refractivity contribution in [2.24, 2.45) is 0 Å². The summed E-state index contributed by atoms with van der Waals surface area (Å²) in [6.07, 6.45) is -0.0385.